The molecular weight excluding hydrogens is 264 g/mol. The Balaban J connectivity index is 1.77. The van der Waals surface area contributed by atoms with Crippen molar-refractivity contribution >= 4 is 5.91 Å². The Kier molecular flexibility index (Phi) is 3.73. The molecule has 2 aromatic rings. The number of amides is 1. The molecule has 21 heavy (non-hydrogen) atoms. The van der Waals surface area contributed by atoms with Gasteiger partial charge in [0, 0.05) is 6.04 Å². The van der Waals surface area contributed by atoms with E-state index < -0.39 is 0 Å². The minimum atomic E-state index is -0.127. The largest absolute Gasteiger partial charge is 0.348 e. The maximum atomic E-state index is 12.2. The van der Waals surface area contributed by atoms with Gasteiger partial charge in [-0.2, -0.15) is 0 Å². The van der Waals surface area contributed by atoms with Gasteiger partial charge in [0.2, 0.25) is 0 Å². The van der Waals surface area contributed by atoms with Gasteiger partial charge in [0.25, 0.3) is 5.91 Å². The van der Waals surface area contributed by atoms with Crippen LogP contribution >= 0.6 is 0 Å². The first-order chi connectivity index (χ1) is 10.1. The molecule has 110 valence electrons. The van der Waals surface area contributed by atoms with Crippen molar-refractivity contribution in [2.45, 2.75) is 45.6 Å². The van der Waals surface area contributed by atoms with E-state index in [0.717, 1.165) is 29.7 Å². The van der Waals surface area contributed by atoms with Gasteiger partial charge in [0.1, 0.15) is 0 Å². The lowest BCUT2D eigenvalue weighted by atomic mass is 10.1. The summed E-state index contributed by atoms with van der Waals surface area (Å²) in [5.41, 5.74) is 3.64. The van der Waals surface area contributed by atoms with Gasteiger partial charge in [-0.1, -0.05) is 24.1 Å². The molecule has 1 heterocycles. The van der Waals surface area contributed by atoms with Crippen LogP contribution in [0.2, 0.25) is 0 Å². The number of nitrogens with zero attached hydrogens (tertiary/aromatic N) is 3. The predicted octanol–water partition coefficient (Wildman–Crippen LogP) is 2.56. The molecule has 5 nitrogen and oxygen atoms in total. The first kappa shape index (κ1) is 13.8. The molecular formula is C16H20N4O. The molecule has 0 radical (unpaired) electrons. The second-order valence-corrected chi connectivity index (χ2v) is 5.85. The molecule has 0 unspecified atom stereocenters. The molecule has 0 spiro atoms. The number of benzene rings is 1. The van der Waals surface area contributed by atoms with E-state index in [4.69, 9.17) is 0 Å². The quantitative estimate of drug-likeness (QED) is 0.942. The van der Waals surface area contributed by atoms with E-state index in [0.29, 0.717) is 11.7 Å². The third-order valence-corrected chi connectivity index (χ3v) is 3.89. The summed E-state index contributed by atoms with van der Waals surface area (Å²) in [7, 11) is 0. The monoisotopic (exact) mass is 284 g/mol. The van der Waals surface area contributed by atoms with Crippen LogP contribution in [0.25, 0.3) is 5.69 Å². The predicted molar refractivity (Wildman–Crippen MR) is 80.6 cm³/mol. The molecule has 0 atom stereocenters. The van der Waals surface area contributed by atoms with Crippen molar-refractivity contribution in [2.24, 2.45) is 0 Å². The molecule has 1 aromatic heterocycles. The van der Waals surface area contributed by atoms with Crippen LogP contribution in [-0.2, 0) is 0 Å². The fourth-order valence-corrected chi connectivity index (χ4v) is 2.91. The van der Waals surface area contributed by atoms with Gasteiger partial charge in [-0.3, -0.25) is 4.79 Å². The smallest absolute Gasteiger partial charge is 0.273 e. The van der Waals surface area contributed by atoms with Crippen molar-refractivity contribution in [3.8, 4) is 5.69 Å². The standard InChI is InChI=1S/C16H20N4O/c1-11-7-12(2)9-14(8-11)20-10-15(18-19-20)16(21)17-13-5-3-4-6-13/h7-10,13H,3-6H2,1-2H3,(H,17,21). The number of carbonyl (C=O) groups is 1. The summed E-state index contributed by atoms with van der Waals surface area (Å²) in [5, 5.41) is 11.1. The highest BCUT2D eigenvalue weighted by Gasteiger charge is 2.19. The van der Waals surface area contributed by atoms with Crippen LogP contribution in [0, 0.1) is 13.8 Å². The lowest BCUT2D eigenvalue weighted by Crippen LogP contribution is -2.32. The average molecular weight is 284 g/mol. The van der Waals surface area contributed by atoms with E-state index in [1.165, 1.54) is 12.8 Å². The van der Waals surface area contributed by atoms with Crippen LogP contribution in [0.3, 0.4) is 0 Å². The highest BCUT2D eigenvalue weighted by atomic mass is 16.2. The molecule has 1 aliphatic carbocycles. The topological polar surface area (TPSA) is 59.8 Å². The molecule has 1 fully saturated rings. The summed E-state index contributed by atoms with van der Waals surface area (Å²) >= 11 is 0. The number of nitrogens with one attached hydrogen (secondary N) is 1. The molecule has 0 bridgehead atoms. The maximum absolute atomic E-state index is 12.2. The summed E-state index contributed by atoms with van der Waals surface area (Å²) in [5.74, 6) is -0.127. The second kappa shape index (κ2) is 5.68. The molecule has 0 saturated heterocycles. The number of aromatic nitrogens is 3. The SMILES string of the molecule is Cc1cc(C)cc(-n2cc(C(=O)NC3CCCC3)nn2)c1. The van der Waals surface area contributed by atoms with Crippen LogP contribution in [0.15, 0.2) is 24.4 Å². The maximum Gasteiger partial charge on any atom is 0.273 e. The summed E-state index contributed by atoms with van der Waals surface area (Å²) in [6, 6.07) is 6.46. The molecule has 0 aliphatic heterocycles. The number of rotatable bonds is 3. The van der Waals surface area contributed by atoms with Crippen LogP contribution in [0.4, 0.5) is 0 Å². The number of aryl methyl sites for hydroxylation is 2. The minimum Gasteiger partial charge on any atom is -0.348 e. The Morgan fingerprint density at radius 1 is 1.19 bits per heavy atom. The third kappa shape index (κ3) is 3.12. The fraction of sp³-hybridized carbons (Fsp3) is 0.438. The molecule has 1 saturated carbocycles. The fourth-order valence-electron chi connectivity index (χ4n) is 2.91. The van der Waals surface area contributed by atoms with Crippen molar-refractivity contribution in [2.75, 3.05) is 0 Å². The van der Waals surface area contributed by atoms with Crippen molar-refractivity contribution < 1.29 is 4.79 Å². The second-order valence-electron chi connectivity index (χ2n) is 5.85. The molecule has 1 N–H and O–H groups in total. The Hall–Kier alpha value is -2.17. The zero-order valence-corrected chi connectivity index (χ0v) is 12.5. The van der Waals surface area contributed by atoms with Gasteiger partial charge in [-0.05, 0) is 49.9 Å². The Morgan fingerprint density at radius 3 is 2.52 bits per heavy atom. The van der Waals surface area contributed by atoms with E-state index in [9.17, 15) is 4.79 Å². The number of hydrogen-bond acceptors (Lipinski definition) is 3. The third-order valence-electron chi connectivity index (χ3n) is 3.89. The molecule has 1 aliphatic rings. The van der Waals surface area contributed by atoms with E-state index in [1.807, 2.05) is 26.0 Å². The Bertz CT molecular complexity index is 636. The normalized spacial score (nSPS) is 15.3. The molecule has 1 aromatic carbocycles. The minimum absolute atomic E-state index is 0.127. The van der Waals surface area contributed by atoms with Crippen LogP contribution in [-0.4, -0.2) is 26.9 Å². The summed E-state index contributed by atoms with van der Waals surface area (Å²) < 4.78 is 1.66. The first-order valence-corrected chi connectivity index (χ1v) is 7.44. The van der Waals surface area contributed by atoms with Crippen molar-refractivity contribution in [3.05, 3.63) is 41.2 Å². The molecule has 1 amide bonds. The summed E-state index contributed by atoms with van der Waals surface area (Å²) in [6.07, 6.45) is 6.22. The van der Waals surface area contributed by atoms with E-state index >= 15 is 0 Å². The Labute approximate surface area is 124 Å². The summed E-state index contributed by atoms with van der Waals surface area (Å²) in [4.78, 5) is 12.2. The lowest BCUT2D eigenvalue weighted by Gasteiger charge is -2.09. The van der Waals surface area contributed by atoms with E-state index in [2.05, 4.69) is 21.7 Å². The van der Waals surface area contributed by atoms with Gasteiger partial charge < -0.3 is 5.32 Å². The van der Waals surface area contributed by atoms with Crippen molar-refractivity contribution in [3.63, 3.8) is 0 Å². The molecule has 3 rings (SSSR count). The highest BCUT2D eigenvalue weighted by molar-refractivity contribution is 5.92. The van der Waals surface area contributed by atoms with Gasteiger partial charge in [-0.25, -0.2) is 4.68 Å². The van der Waals surface area contributed by atoms with Gasteiger partial charge in [-0.15, -0.1) is 5.10 Å². The van der Waals surface area contributed by atoms with E-state index in [-0.39, 0.29) is 5.91 Å². The van der Waals surface area contributed by atoms with Crippen LogP contribution < -0.4 is 5.32 Å². The van der Waals surface area contributed by atoms with Gasteiger partial charge in [0.05, 0.1) is 11.9 Å². The Morgan fingerprint density at radius 2 is 1.86 bits per heavy atom. The van der Waals surface area contributed by atoms with Crippen LogP contribution in [0.5, 0.6) is 0 Å². The van der Waals surface area contributed by atoms with Crippen molar-refractivity contribution in [1.29, 1.82) is 0 Å². The zero-order valence-electron chi connectivity index (χ0n) is 12.5. The van der Waals surface area contributed by atoms with Crippen LogP contribution in [0.1, 0.15) is 47.3 Å². The zero-order chi connectivity index (χ0) is 14.8. The van der Waals surface area contributed by atoms with Gasteiger partial charge >= 0.3 is 0 Å². The molecule has 5 heteroatoms. The summed E-state index contributed by atoms with van der Waals surface area (Å²) in [6.45, 7) is 4.09. The highest BCUT2D eigenvalue weighted by Crippen LogP contribution is 2.18. The lowest BCUT2D eigenvalue weighted by molar-refractivity contribution is 0.0932. The van der Waals surface area contributed by atoms with E-state index in [1.54, 1.807) is 10.9 Å². The van der Waals surface area contributed by atoms with Gasteiger partial charge in [0.15, 0.2) is 5.69 Å². The first-order valence-electron chi connectivity index (χ1n) is 7.44. The number of carbonyl (C=O) groups excluding carboxylic acids is 1. The average Bonchev–Trinajstić information content (AvgIpc) is 3.08. The number of hydrogen-bond donors (Lipinski definition) is 1. The van der Waals surface area contributed by atoms with Crippen molar-refractivity contribution in [1.82, 2.24) is 20.3 Å².